The second-order valence-corrected chi connectivity index (χ2v) is 6.72. The van der Waals surface area contributed by atoms with Gasteiger partial charge in [0.25, 0.3) is 0 Å². The van der Waals surface area contributed by atoms with Gasteiger partial charge in [-0.3, -0.25) is 9.59 Å². The maximum Gasteiger partial charge on any atom is 0.471 e. The molecule has 3 rings (SSSR count). The van der Waals surface area contributed by atoms with Crippen LogP contribution in [-0.4, -0.2) is 42.6 Å². The van der Waals surface area contributed by atoms with Gasteiger partial charge in [-0.25, -0.2) is 0 Å². The van der Waals surface area contributed by atoms with E-state index in [0.29, 0.717) is 40.9 Å². The molecule has 0 atom stereocenters. The molecule has 30 heavy (non-hydrogen) atoms. The van der Waals surface area contributed by atoms with Crippen LogP contribution in [0.5, 0.6) is 11.5 Å². The third-order valence-corrected chi connectivity index (χ3v) is 4.47. The van der Waals surface area contributed by atoms with E-state index in [-0.39, 0.29) is 25.4 Å². The van der Waals surface area contributed by atoms with Crippen molar-refractivity contribution < 1.29 is 32.2 Å². The molecular weight excluding hydrogens is 401 g/mol. The minimum atomic E-state index is -4.93. The molecule has 0 unspecified atom stereocenters. The van der Waals surface area contributed by atoms with Crippen molar-refractivity contribution in [2.45, 2.75) is 26.1 Å². The number of nitrogens with zero attached hydrogens (tertiary/aromatic N) is 1. The number of anilines is 1. The number of nitrogens with one attached hydrogen (secondary N) is 1. The molecule has 0 fully saturated rings. The van der Waals surface area contributed by atoms with Crippen LogP contribution in [0, 0.1) is 0 Å². The normalized spacial score (nSPS) is 12.9. The van der Waals surface area contributed by atoms with E-state index in [1.54, 1.807) is 42.5 Å². The van der Waals surface area contributed by atoms with Gasteiger partial charge >= 0.3 is 12.1 Å². The quantitative estimate of drug-likeness (QED) is 0.773. The number of hydrogen-bond donors (Lipinski definition) is 1. The summed E-state index contributed by atoms with van der Waals surface area (Å²) in [6.07, 6.45) is -4.83. The van der Waals surface area contributed by atoms with Crippen LogP contribution in [0.3, 0.4) is 0 Å². The first-order chi connectivity index (χ1) is 14.3. The fourth-order valence-electron chi connectivity index (χ4n) is 3.06. The van der Waals surface area contributed by atoms with Crippen LogP contribution in [0.15, 0.2) is 42.5 Å². The summed E-state index contributed by atoms with van der Waals surface area (Å²) in [4.78, 5) is 24.6. The zero-order valence-electron chi connectivity index (χ0n) is 16.3. The highest BCUT2D eigenvalue weighted by Gasteiger charge is 2.41. The summed E-state index contributed by atoms with van der Waals surface area (Å²) in [5, 5.41) is 2.72. The number of alkyl halides is 3. The van der Waals surface area contributed by atoms with E-state index in [4.69, 9.17) is 9.47 Å². The topological polar surface area (TPSA) is 67.9 Å². The Balaban J connectivity index is 1.63. The van der Waals surface area contributed by atoms with Crippen LogP contribution >= 0.6 is 0 Å². The average molecular weight is 422 g/mol. The van der Waals surface area contributed by atoms with Crippen LogP contribution < -0.4 is 14.8 Å². The number of fused-ring (bicyclic) bond motifs is 1. The first-order valence-corrected chi connectivity index (χ1v) is 9.39. The number of hydrogen-bond acceptors (Lipinski definition) is 4. The fraction of sp³-hybridized carbons (Fsp3) is 0.333. The largest absolute Gasteiger partial charge is 0.486 e. The van der Waals surface area contributed by atoms with Crippen molar-refractivity contribution in [3.05, 3.63) is 53.6 Å². The highest BCUT2D eigenvalue weighted by atomic mass is 19.4. The molecular formula is C21H21F3N2O4. The molecule has 0 saturated carbocycles. The van der Waals surface area contributed by atoms with Crippen LogP contribution in [-0.2, 0) is 22.6 Å². The molecule has 2 aromatic rings. The number of ether oxygens (including phenoxy) is 2. The van der Waals surface area contributed by atoms with E-state index in [9.17, 15) is 22.8 Å². The summed E-state index contributed by atoms with van der Waals surface area (Å²) in [5.74, 6) is -0.963. The van der Waals surface area contributed by atoms with Crippen LogP contribution in [0.1, 0.15) is 18.1 Å². The van der Waals surface area contributed by atoms with Crippen molar-refractivity contribution in [2.24, 2.45) is 0 Å². The number of amides is 2. The van der Waals surface area contributed by atoms with Crippen molar-refractivity contribution in [1.29, 1.82) is 0 Å². The van der Waals surface area contributed by atoms with Gasteiger partial charge in [-0.1, -0.05) is 18.2 Å². The first kappa shape index (κ1) is 21.5. The van der Waals surface area contributed by atoms with E-state index in [2.05, 4.69) is 5.32 Å². The molecule has 2 amide bonds. The van der Waals surface area contributed by atoms with Crippen LogP contribution in [0.4, 0.5) is 18.9 Å². The molecule has 1 N–H and O–H groups in total. The molecule has 0 radical (unpaired) electrons. The Morgan fingerprint density at radius 3 is 2.47 bits per heavy atom. The minimum Gasteiger partial charge on any atom is -0.486 e. The Hall–Kier alpha value is -3.23. The van der Waals surface area contributed by atoms with Crippen molar-refractivity contribution in [1.82, 2.24) is 4.90 Å². The van der Waals surface area contributed by atoms with Gasteiger partial charge in [0.2, 0.25) is 5.91 Å². The lowest BCUT2D eigenvalue weighted by Gasteiger charge is -2.22. The molecule has 2 aromatic carbocycles. The standard InChI is InChI=1S/C21H21F3N2O4/c1-2-26(20(28)21(22,23)24)13-15-4-3-5-16(10-15)25-19(27)12-14-6-7-17-18(11-14)30-9-8-29-17/h3-7,10-11H,2,8-9,12-13H2,1H3,(H,25,27). The molecule has 9 heteroatoms. The maximum absolute atomic E-state index is 12.7. The van der Waals surface area contributed by atoms with Gasteiger partial charge < -0.3 is 19.7 Å². The highest BCUT2D eigenvalue weighted by Crippen LogP contribution is 2.31. The van der Waals surface area contributed by atoms with E-state index in [1.165, 1.54) is 6.92 Å². The predicted molar refractivity (Wildman–Crippen MR) is 103 cm³/mol. The molecule has 6 nitrogen and oxygen atoms in total. The summed E-state index contributed by atoms with van der Waals surface area (Å²) < 4.78 is 49.0. The molecule has 0 aliphatic carbocycles. The number of carbonyl (C=O) groups is 2. The van der Waals surface area contributed by atoms with Crippen molar-refractivity contribution >= 4 is 17.5 Å². The molecule has 1 aliphatic heterocycles. The molecule has 0 spiro atoms. The van der Waals surface area contributed by atoms with Crippen molar-refractivity contribution in [3.8, 4) is 11.5 Å². The zero-order chi connectivity index (χ0) is 21.7. The van der Waals surface area contributed by atoms with Crippen molar-refractivity contribution in [2.75, 3.05) is 25.1 Å². The third-order valence-electron chi connectivity index (χ3n) is 4.47. The smallest absolute Gasteiger partial charge is 0.471 e. The molecule has 0 saturated heterocycles. The van der Waals surface area contributed by atoms with E-state index >= 15 is 0 Å². The van der Waals surface area contributed by atoms with Gasteiger partial charge in [-0.15, -0.1) is 0 Å². The lowest BCUT2D eigenvalue weighted by atomic mass is 10.1. The maximum atomic E-state index is 12.7. The summed E-state index contributed by atoms with van der Waals surface area (Å²) >= 11 is 0. The fourth-order valence-corrected chi connectivity index (χ4v) is 3.06. The van der Waals surface area contributed by atoms with Gasteiger partial charge in [0, 0.05) is 18.8 Å². The highest BCUT2D eigenvalue weighted by molar-refractivity contribution is 5.92. The van der Waals surface area contributed by atoms with Gasteiger partial charge in [-0.05, 0) is 42.3 Å². The SMILES string of the molecule is CCN(Cc1cccc(NC(=O)Cc2ccc3c(c2)OCCO3)c1)C(=O)C(F)(F)F. The van der Waals surface area contributed by atoms with E-state index in [0.717, 1.165) is 5.56 Å². The molecule has 1 aliphatic rings. The third kappa shape index (κ3) is 5.43. The monoisotopic (exact) mass is 422 g/mol. The van der Waals surface area contributed by atoms with Gasteiger partial charge in [0.05, 0.1) is 6.42 Å². The van der Waals surface area contributed by atoms with E-state index < -0.39 is 12.1 Å². The Morgan fingerprint density at radius 2 is 1.77 bits per heavy atom. The predicted octanol–water partition coefficient (Wildman–Crippen LogP) is 3.55. The average Bonchev–Trinajstić information content (AvgIpc) is 2.71. The van der Waals surface area contributed by atoms with Gasteiger partial charge in [-0.2, -0.15) is 13.2 Å². The van der Waals surface area contributed by atoms with Crippen LogP contribution in [0.25, 0.3) is 0 Å². The Morgan fingerprint density at radius 1 is 1.03 bits per heavy atom. The Kier molecular flexibility index (Phi) is 6.49. The second-order valence-electron chi connectivity index (χ2n) is 6.72. The van der Waals surface area contributed by atoms with Gasteiger partial charge in [0.1, 0.15) is 13.2 Å². The second kappa shape index (κ2) is 9.06. The Labute approximate surface area is 171 Å². The minimum absolute atomic E-state index is 0.0843. The molecule has 0 aromatic heterocycles. The Bertz CT molecular complexity index is 931. The van der Waals surface area contributed by atoms with Crippen LogP contribution in [0.2, 0.25) is 0 Å². The zero-order valence-corrected chi connectivity index (χ0v) is 16.3. The lowest BCUT2D eigenvalue weighted by Crippen LogP contribution is -2.40. The summed E-state index contributed by atoms with van der Waals surface area (Å²) in [7, 11) is 0. The van der Waals surface area contributed by atoms with E-state index in [1.807, 2.05) is 0 Å². The number of benzene rings is 2. The molecule has 1 heterocycles. The molecule has 0 bridgehead atoms. The number of rotatable bonds is 6. The van der Waals surface area contributed by atoms with Crippen molar-refractivity contribution in [3.63, 3.8) is 0 Å². The number of halogens is 3. The summed E-state index contributed by atoms with van der Waals surface area (Å²) in [5.41, 5.74) is 1.65. The summed E-state index contributed by atoms with van der Waals surface area (Å²) in [6.45, 7) is 2.11. The van der Waals surface area contributed by atoms with Gasteiger partial charge in [0.15, 0.2) is 11.5 Å². The summed E-state index contributed by atoms with van der Waals surface area (Å²) in [6, 6.07) is 11.7. The number of carbonyl (C=O) groups excluding carboxylic acids is 2. The molecule has 160 valence electrons. The first-order valence-electron chi connectivity index (χ1n) is 9.39. The lowest BCUT2D eigenvalue weighted by molar-refractivity contribution is -0.185.